The Morgan fingerprint density at radius 3 is 2.89 bits per heavy atom. The Balaban J connectivity index is 1.83. The summed E-state index contributed by atoms with van der Waals surface area (Å²) in [4.78, 5) is 25.6. The molecule has 0 unspecified atom stereocenters. The summed E-state index contributed by atoms with van der Waals surface area (Å²) in [6.07, 6.45) is 2.27. The maximum atomic E-state index is 12.3. The van der Waals surface area contributed by atoms with Gasteiger partial charge in [-0.25, -0.2) is 9.48 Å². The van der Waals surface area contributed by atoms with Crippen LogP contribution in [0.1, 0.15) is 5.56 Å². The highest BCUT2D eigenvalue weighted by atomic mass is 16.2. The van der Waals surface area contributed by atoms with E-state index in [1.807, 2.05) is 24.3 Å². The van der Waals surface area contributed by atoms with Crippen LogP contribution < -0.4 is 10.6 Å². The molecule has 0 saturated carbocycles. The molecule has 1 aromatic heterocycles. The molecule has 0 N–H and O–H groups in total. The number of amides is 1. The van der Waals surface area contributed by atoms with E-state index in [4.69, 9.17) is 0 Å². The van der Waals surface area contributed by atoms with Crippen molar-refractivity contribution >= 4 is 11.6 Å². The Labute approximate surface area is 109 Å². The van der Waals surface area contributed by atoms with Crippen LogP contribution in [0.25, 0.3) is 0 Å². The van der Waals surface area contributed by atoms with E-state index in [0.717, 1.165) is 12.1 Å². The average molecular weight is 258 g/mol. The third-order valence-electron chi connectivity index (χ3n) is 3.36. The van der Waals surface area contributed by atoms with Crippen LogP contribution in [0.2, 0.25) is 0 Å². The quantitative estimate of drug-likeness (QED) is 0.771. The summed E-state index contributed by atoms with van der Waals surface area (Å²) < 4.78 is 2.54. The molecule has 1 aromatic carbocycles. The molecule has 1 amide bonds. The van der Waals surface area contributed by atoms with E-state index in [9.17, 15) is 9.59 Å². The monoisotopic (exact) mass is 258 g/mol. The molecule has 0 spiro atoms. The van der Waals surface area contributed by atoms with Gasteiger partial charge in [0, 0.05) is 19.3 Å². The van der Waals surface area contributed by atoms with E-state index in [2.05, 4.69) is 5.10 Å². The van der Waals surface area contributed by atoms with Crippen LogP contribution in [0.15, 0.2) is 35.4 Å². The number of aryl methyl sites for hydroxylation is 1. The number of hydrogen-bond donors (Lipinski definition) is 0. The first-order valence-electron chi connectivity index (χ1n) is 6.13. The molecular weight excluding hydrogens is 244 g/mol. The molecule has 0 radical (unpaired) electrons. The first-order valence-corrected chi connectivity index (χ1v) is 6.13. The van der Waals surface area contributed by atoms with Gasteiger partial charge in [-0.3, -0.25) is 9.36 Å². The Hall–Kier alpha value is -2.37. The standard InChI is InChI=1S/C13H14N4O2/c1-15-9-14-17(13(15)19)8-12(18)16-7-6-10-4-2-3-5-11(10)16/h2-5,9H,6-8H2,1H3. The number of anilines is 1. The molecule has 1 aliphatic heterocycles. The molecule has 6 heteroatoms. The predicted octanol–water partition coefficient (Wildman–Crippen LogP) is 0.171. The van der Waals surface area contributed by atoms with E-state index < -0.39 is 0 Å². The minimum atomic E-state index is -0.277. The maximum absolute atomic E-state index is 12.3. The maximum Gasteiger partial charge on any atom is 0.345 e. The fourth-order valence-corrected chi connectivity index (χ4v) is 2.34. The largest absolute Gasteiger partial charge is 0.345 e. The number of carbonyl (C=O) groups excluding carboxylic acids is 1. The van der Waals surface area contributed by atoms with Gasteiger partial charge in [0.1, 0.15) is 12.9 Å². The van der Waals surface area contributed by atoms with Gasteiger partial charge < -0.3 is 4.90 Å². The minimum absolute atomic E-state index is 0.0198. The number of rotatable bonds is 2. The third kappa shape index (κ3) is 1.95. The minimum Gasteiger partial charge on any atom is -0.310 e. The topological polar surface area (TPSA) is 60.1 Å². The zero-order valence-corrected chi connectivity index (χ0v) is 10.6. The lowest BCUT2D eigenvalue weighted by Gasteiger charge is -2.16. The molecule has 0 atom stereocenters. The van der Waals surface area contributed by atoms with Gasteiger partial charge in [0.25, 0.3) is 0 Å². The second kappa shape index (κ2) is 4.38. The molecule has 19 heavy (non-hydrogen) atoms. The van der Waals surface area contributed by atoms with Gasteiger partial charge in [-0.2, -0.15) is 5.10 Å². The SMILES string of the molecule is Cn1cnn(CC(=O)N2CCc3ccccc32)c1=O. The first kappa shape index (κ1) is 11.7. The molecule has 3 rings (SSSR count). The fraction of sp³-hybridized carbons (Fsp3) is 0.308. The molecule has 2 aromatic rings. The van der Waals surface area contributed by atoms with Crippen LogP contribution in [0.5, 0.6) is 0 Å². The Kier molecular flexibility index (Phi) is 2.70. The van der Waals surface area contributed by atoms with Crippen molar-refractivity contribution in [3.63, 3.8) is 0 Å². The summed E-state index contributed by atoms with van der Waals surface area (Å²) in [5.74, 6) is -0.106. The highest BCUT2D eigenvalue weighted by Crippen LogP contribution is 2.27. The van der Waals surface area contributed by atoms with Crippen LogP contribution in [-0.2, 0) is 24.8 Å². The van der Waals surface area contributed by atoms with Crippen LogP contribution in [0, 0.1) is 0 Å². The lowest BCUT2D eigenvalue weighted by atomic mass is 10.2. The summed E-state index contributed by atoms with van der Waals surface area (Å²) in [5, 5.41) is 3.90. The van der Waals surface area contributed by atoms with Gasteiger partial charge >= 0.3 is 5.69 Å². The first-order chi connectivity index (χ1) is 9.16. The number of hydrogen-bond acceptors (Lipinski definition) is 3. The van der Waals surface area contributed by atoms with E-state index >= 15 is 0 Å². The van der Waals surface area contributed by atoms with Crippen molar-refractivity contribution in [3.8, 4) is 0 Å². The van der Waals surface area contributed by atoms with Gasteiger partial charge in [0.05, 0.1) is 0 Å². The van der Waals surface area contributed by atoms with E-state index in [1.165, 1.54) is 21.1 Å². The number of aromatic nitrogens is 3. The zero-order valence-electron chi connectivity index (χ0n) is 10.6. The normalized spacial score (nSPS) is 13.6. The van der Waals surface area contributed by atoms with Crippen LogP contribution >= 0.6 is 0 Å². The number of carbonyl (C=O) groups is 1. The van der Waals surface area contributed by atoms with E-state index in [-0.39, 0.29) is 18.1 Å². The lowest BCUT2D eigenvalue weighted by Crippen LogP contribution is -2.36. The van der Waals surface area contributed by atoms with Gasteiger partial charge in [0.2, 0.25) is 5.91 Å². The summed E-state index contributed by atoms with van der Waals surface area (Å²) in [7, 11) is 1.61. The van der Waals surface area contributed by atoms with Crippen molar-refractivity contribution in [2.45, 2.75) is 13.0 Å². The lowest BCUT2D eigenvalue weighted by molar-refractivity contribution is -0.119. The Morgan fingerprint density at radius 2 is 2.16 bits per heavy atom. The molecule has 2 heterocycles. The van der Waals surface area contributed by atoms with Gasteiger partial charge in [-0.05, 0) is 18.1 Å². The number of fused-ring (bicyclic) bond motifs is 1. The van der Waals surface area contributed by atoms with Gasteiger partial charge in [0.15, 0.2) is 0 Å². The molecule has 98 valence electrons. The molecule has 0 aliphatic carbocycles. The molecule has 0 bridgehead atoms. The summed E-state index contributed by atoms with van der Waals surface area (Å²) in [6.45, 7) is 0.647. The van der Waals surface area contributed by atoms with Crippen molar-refractivity contribution in [1.29, 1.82) is 0 Å². The van der Waals surface area contributed by atoms with E-state index in [1.54, 1.807) is 11.9 Å². The average Bonchev–Trinajstić information content (AvgIpc) is 2.97. The van der Waals surface area contributed by atoms with Crippen LogP contribution in [0.4, 0.5) is 5.69 Å². The second-order valence-corrected chi connectivity index (χ2v) is 4.61. The highest BCUT2D eigenvalue weighted by molar-refractivity contribution is 5.95. The summed E-state index contributed by atoms with van der Waals surface area (Å²) >= 11 is 0. The predicted molar refractivity (Wildman–Crippen MR) is 70.0 cm³/mol. The number of nitrogens with zero attached hydrogens (tertiary/aromatic N) is 4. The highest BCUT2D eigenvalue weighted by Gasteiger charge is 2.24. The molecule has 1 aliphatic rings. The van der Waals surface area contributed by atoms with Crippen molar-refractivity contribution in [2.24, 2.45) is 7.05 Å². The third-order valence-corrected chi connectivity index (χ3v) is 3.36. The number of benzene rings is 1. The van der Waals surface area contributed by atoms with Crippen LogP contribution in [-0.4, -0.2) is 26.8 Å². The van der Waals surface area contributed by atoms with Crippen molar-refractivity contribution in [2.75, 3.05) is 11.4 Å². The fourth-order valence-electron chi connectivity index (χ4n) is 2.34. The molecule has 0 fully saturated rings. The second-order valence-electron chi connectivity index (χ2n) is 4.61. The summed E-state index contributed by atoms with van der Waals surface area (Å²) in [6, 6.07) is 7.84. The Bertz CT molecular complexity index is 686. The van der Waals surface area contributed by atoms with Gasteiger partial charge in [-0.1, -0.05) is 18.2 Å². The molecular formula is C13H14N4O2. The van der Waals surface area contributed by atoms with Crippen molar-refractivity contribution in [1.82, 2.24) is 14.3 Å². The molecule has 0 saturated heterocycles. The van der Waals surface area contributed by atoms with Crippen molar-refractivity contribution in [3.05, 3.63) is 46.6 Å². The van der Waals surface area contributed by atoms with Crippen LogP contribution in [0.3, 0.4) is 0 Å². The number of para-hydroxylation sites is 1. The summed E-state index contributed by atoms with van der Waals surface area (Å²) in [5.41, 5.74) is 1.83. The van der Waals surface area contributed by atoms with Crippen molar-refractivity contribution < 1.29 is 4.79 Å². The Morgan fingerprint density at radius 1 is 1.37 bits per heavy atom. The zero-order chi connectivity index (χ0) is 13.4. The molecule has 6 nitrogen and oxygen atoms in total. The van der Waals surface area contributed by atoms with Gasteiger partial charge in [-0.15, -0.1) is 0 Å². The smallest absolute Gasteiger partial charge is 0.310 e. The van der Waals surface area contributed by atoms with E-state index in [0.29, 0.717) is 6.54 Å².